The molecule has 8 heteroatoms. The molecule has 57 heavy (non-hydrogen) atoms. The molecule has 0 aliphatic rings. The number of aliphatic carboxylic acids is 1. The van der Waals surface area contributed by atoms with Gasteiger partial charge in [0.05, 0.1) is 40.3 Å². The fraction of sp³-hybridized carbons (Fsp3) is 0.735. The highest BCUT2D eigenvalue weighted by atomic mass is 16.6. The van der Waals surface area contributed by atoms with Crippen molar-refractivity contribution < 1.29 is 38.2 Å². The summed E-state index contributed by atoms with van der Waals surface area (Å²) in [5, 5.41) is 11.6. The lowest BCUT2D eigenvalue weighted by Gasteiger charge is -2.34. The number of hydrogen-bond donors (Lipinski definition) is 0. The first-order valence-corrected chi connectivity index (χ1v) is 22.8. The number of carbonyl (C=O) groups excluding carboxylic acids is 3. The molecule has 0 bridgehead atoms. The Hall–Kier alpha value is -2.97. The molecule has 0 saturated carbocycles. The number of likely N-dealkylation sites (N-methyl/N-ethyl adjacent to an activating group) is 1. The first-order valence-electron chi connectivity index (χ1n) is 22.8. The van der Waals surface area contributed by atoms with Crippen LogP contribution < -0.4 is 5.11 Å². The summed E-state index contributed by atoms with van der Waals surface area (Å²) >= 11 is 0. The summed E-state index contributed by atoms with van der Waals surface area (Å²) in [5.74, 6) is -1.79. The molecule has 328 valence electrons. The minimum Gasteiger partial charge on any atom is -0.544 e. The summed E-state index contributed by atoms with van der Waals surface area (Å²) in [7, 11) is 5.39. The molecule has 2 atom stereocenters. The molecule has 0 aliphatic heterocycles. The maximum Gasteiger partial charge on any atom is 0.306 e. The van der Waals surface area contributed by atoms with Crippen molar-refractivity contribution in [1.82, 2.24) is 0 Å². The molecule has 0 fully saturated rings. The van der Waals surface area contributed by atoms with Crippen molar-refractivity contribution in [3.8, 4) is 0 Å². The Kier molecular flexibility index (Phi) is 37.8. The van der Waals surface area contributed by atoms with Crippen LogP contribution in [0.15, 0.2) is 60.8 Å². The van der Waals surface area contributed by atoms with Crippen molar-refractivity contribution in [2.24, 2.45) is 0 Å². The van der Waals surface area contributed by atoms with Gasteiger partial charge in [0.1, 0.15) is 12.6 Å². The van der Waals surface area contributed by atoms with Gasteiger partial charge in [0, 0.05) is 19.3 Å². The molecule has 0 amide bonds. The fourth-order valence-electron chi connectivity index (χ4n) is 6.42. The second-order valence-electron chi connectivity index (χ2n) is 16.2. The van der Waals surface area contributed by atoms with Crippen LogP contribution in [0.5, 0.6) is 0 Å². The molecule has 2 unspecified atom stereocenters. The third kappa shape index (κ3) is 38.3. The number of unbranched alkanes of at least 4 members (excludes halogenated alkanes) is 16. The van der Waals surface area contributed by atoms with Crippen LogP contribution in [0.4, 0.5) is 0 Å². The minimum atomic E-state index is -1.13. The van der Waals surface area contributed by atoms with E-state index in [1.165, 1.54) is 77.0 Å². The van der Waals surface area contributed by atoms with Crippen molar-refractivity contribution in [1.29, 1.82) is 0 Å². The zero-order valence-corrected chi connectivity index (χ0v) is 37.2. The van der Waals surface area contributed by atoms with Gasteiger partial charge in [-0.3, -0.25) is 9.59 Å². The number of esters is 2. The average Bonchev–Trinajstić information content (AvgIpc) is 3.17. The van der Waals surface area contributed by atoms with E-state index in [-0.39, 0.29) is 49.1 Å². The number of nitrogens with zero attached hydrogens (tertiary/aromatic N) is 1. The number of quaternary nitrogens is 1. The number of rotatable bonds is 40. The van der Waals surface area contributed by atoms with Gasteiger partial charge in [-0.25, -0.2) is 0 Å². The van der Waals surface area contributed by atoms with Gasteiger partial charge in [0.15, 0.2) is 6.10 Å². The van der Waals surface area contributed by atoms with E-state index in [9.17, 15) is 19.5 Å². The van der Waals surface area contributed by atoms with E-state index >= 15 is 0 Å². The smallest absolute Gasteiger partial charge is 0.306 e. The molecule has 0 aromatic carbocycles. The summed E-state index contributed by atoms with van der Waals surface area (Å²) in [6.07, 6.45) is 48.3. The molecular weight excluding hydrogens is 715 g/mol. The van der Waals surface area contributed by atoms with E-state index in [1.54, 1.807) is 21.1 Å². The van der Waals surface area contributed by atoms with Gasteiger partial charge >= 0.3 is 11.9 Å². The Bertz CT molecular complexity index is 1120. The van der Waals surface area contributed by atoms with Crippen molar-refractivity contribution >= 4 is 17.9 Å². The Labute approximate surface area is 349 Å². The topological polar surface area (TPSA) is 102 Å². The van der Waals surface area contributed by atoms with Gasteiger partial charge in [-0.15, -0.1) is 0 Å². The van der Waals surface area contributed by atoms with E-state index in [1.807, 2.05) is 0 Å². The van der Waals surface area contributed by atoms with Gasteiger partial charge in [-0.1, -0.05) is 152 Å². The van der Waals surface area contributed by atoms with Crippen LogP contribution in [0.1, 0.15) is 181 Å². The van der Waals surface area contributed by atoms with Crippen LogP contribution in [-0.2, 0) is 28.6 Å². The molecule has 0 saturated heterocycles. The Morgan fingerprint density at radius 3 is 1.40 bits per heavy atom. The van der Waals surface area contributed by atoms with Crippen molar-refractivity contribution in [2.45, 2.75) is 193 Å². The summed E-state index contributed by atoms with van der Waals surface area (Å²) < 4.78 is 17.1. The molecule has 0 spiro atoms. The van der Waals surface area contributed by atoms with Crippen molar-refractivity contribution in [3.63, 3.8) is 0 Å². The highest BCUT2D eigenvalue weighted by Crippen LogP contribution is 2.15. The first-order chi connectivity index (χ1) is 27.6. The van der Waals surface area contributed by atoms with Crippen LogP contribution in [0.25, 0.3) is 0 Å². The molecule has 0 rings (SSSR count). The maximum atomic E-state index is 12.7. The van der Waals surface area contributed by atoms with Crippen molar-refractivity contribution in [2.75, 3.05) is 41.0 Å². The monoisotopic (exact) mass is 800 g/mol. The molecule has 8 nitrogen and oxygen atoms in total. The summed E-state index contributed by atoms with van der Waals surface area (Å²) in [6, 6.07) is -0.733. The van der Waals surface area contributed by atoms with E-state index in [0.29, 0.717) is 12.8 Å². The van der Waals surface area contributed by atoms with E-state index < -0.39 is 18.1 Å². The van der Waals surface area contributed by atoms with Crippen LogP contribution in [0, 0.1) is 0 Å². The minimum absolute atomic E-state index is 0.0240. The Morgan fingerprint density at radius 2 is 0.930 bits per heavy atom. The van der Waals surface area contributed by atoms with Crippen LogP contribution in [0.2, 0.25) is 0 Å². The molecule has 0 N–H and O–H groups in total. The zero-order valence-electron chi connectivity index (χ0n) is 37.2. The number of carboxylic acid groups (broad SMARTS) is 1. The van der Waals surface area contributed by atoms with Gasteiger partial charge in [0.25, 0.3) is 0 Å². The highest BCUT2D eigenvalue weighted by molar-refractivity contribution is 5.70. The van der Waals surface area contributed by atoms with Gasteiger partial charge in [-0.05, 0) is 70.6 Å². The number of ether oxygens (including phenoxy) is 3. The molecule has 0 heterocycles. The molecular formula is C49H85NO7. The normalized spacial score (nSPS) is 13.5. The van der Waals surface area contributed by atoms with Gasteiger partial charge in [0.2, 0.25) is 0 Å². The standard InChI is InChI=1S/C49H85NO7/c1-6-8-10-12-14-16-18-20-21-22-23-24-25-26-27-28-30-31-33-35-37-39-47(51)56-44-45(43-55-42-41-46(49(53)54)50(3,4)5)57-48(52)40-38-36-34-32-29-19-17-15-13-11-9-7-2/h8-11,14-17,29,32,45-46H,6-7,12-13,18-28,30-31,33-44H2,1-5H3/b10-8+,11-9+,16-14+,17-15+,32-29+. The van der Waals surface area contributed by atoms with Gasteiger partial charge < -0.3 is 28.6 Å². The van der Waals surface area contributed by atoms with E-state index in [4.69, 9.17) is 14.2 Å². The lowest BCUT2D eigenvalue weighted by Crippen LogP contribution is -2.55. The zero-order chi connectivity index (χ0) is 42.1. The second-order valence-corrected chi connectivity index (χ2v) is 16.2. The quantitative estimate of drug-likeness (QED) is 0.0263. The number of hydrogen-bond acceptors (Lipinski definition) is 7. The summed E-state index contributed by atoms with van der Waals surface area (Å²) in [5.41, 5.74) is 0. The molecule has 0 aromatic rings. The van der Waals surface area contributed by atoms with Crippen LogP contribution >= 0.6 is 0 Å². The van der Waals surface area contributed by atoms with Crippen LogP contribution in [0.3, 0.4) is 0 Å². The maximum absolute atomic E-state index is 12.7. The van der Waals surface area contributed by atoms with Crippen LogP contribution in [-0.4, -0.2) is 75.5 Å². The predicted octanol–water partition coefficient (Wildman–Crippen LogP) is 11.2. The number of carboxylic acids is 1. The lowest BCUT2D eigenvalue weighted by molar-refractivity contribution is -0.889. The lowest BCUT2D eigenvalue weighted by atomic mass is 10.0. The fourth-order valence-corrected chi connectivity index (χ4v) is 6.42. The van der Waals surface area contributed by atoms with E-state index in [2.05, 4.69) is 74.6 Å². The SMILES string of the molecule is CC/C=C/C/C=C/C/C=C/CCCCC(=O)OC(COCCC(C(=O)[O-])[N+](C)(C)C)COC(=O)CCCCCCCCCCCCCCCC/C=C/C/C=C/CC. The summed E-state index contributed by atoms with van der Waals surface area (Å²) in [6.45, 7) is 4.40. The third-order valence-electron chi connectivity index (χ3n) is 9.90. The third-order valence-corrected chi connectivity index (χ3v) is 9.90. The van der Waals surface area contributed by atoms with Gasteiger partial charge in [-0.2, -0.15) is 0 Å². The molecule has 0 radical (unpaired) electrons. The Balaban J connectivity index is 4.26. The number of allylic oxidation sites excluding steroid dienone is 10. The van der Waals surface area contributed by atoms with Crippen molar-refractivity contribution in [3.05, 3.63) is 60.8 Å². The molecule has 0 aromatic heterocycles. The first kappa shape index (κ1) is 54.0. The average molecular weight is 800 g/mol. The Morgan fingerprint density at radius 1 is 0.526 bits per heavy atom. The highest BCUT2D eigenvalue weighted by Gasteiger charge is 2.25. The second kappa shape index (κ2) is 39.8. The number of carbonyl (C=O) groups is 3. The largest absolute Gasteiger partial charge is 0.544 e. The molecule has 0 aliphatic carbocycles. The summed E-state index contributed by atoms with van der Waals surface area (Å²) in [4.78, 5) is 36.8. The predicted molar refractivity (Wildman–Crippen MR) is 236 cm³/mol. The van der Waals surface area contributed by atoms with E-state index in [0.717, 1.165) is 64.2 Å².